The topological polar surface area (TPSA) is 61.8 Å². The lowest BCUT2D eigenvalue weighted by Gasteiger charge is -2.12. The Bertz CT molecular complexity index is 999. The lowest BCUT2D eigenvalue weighted by atomic mass is 10.1. The lowest BCUT2D eigenvalue weighted by molar-refractivity contribution is 0.0727. The second-order valence-electron chi connectivity index (χ2n) is 6.06. The summed E-state index contributed by atoms with van der Waals surface area (Å²) in [5.74, 6) is 0.447. The fraction of sp³-hybridized carbons (Fsp3) is 0.0833. The second kappa shape index (κ2) is 9.37. The predicted octanol–water partition coefficient (Wildman–Crippen LogP) is 4.82. The summed E-state index contributed by atoms with van der Waals surface area (Å²) in [4.78, 5) is 24.7. The number of methoxy groups -OCH3 is 2. The van der Waals surface area contributed by atoms with Gasteiger partial charge < -0.3 is 14.2 Å². The van der Waals surface area contributed by atoms with Gasteiger partial charge in [0, 0.05) is 5.56 Å². The van der Waals surface area contributed by atoms with E-state index in [-0.39, 0.29) is 11.3 Å². The molecule has 0 atom stereocenters. The highest BCUT2D eigenvalue weighted by atomic mass is 16.5. The van der Waals surface area contributed by atoms with Gasteiger partial charge in [-0.3, -0.25) is 4.79 Å². The maximum absolute atomic E-state index is 12.6. The van der Waals surface area contributed by atoms with Crippen LogP contribution in [0.1, 0.15) is 26.3 Å². The van der Waals surface area contributed by atoms with Gasteiger partial charge in [0.2, 0.25) is 0 Å². The van der Waals surface area contributed by atoms with Crippen LogP contribution >= 0.6 is 0 Å². The normalized spacial score (nSPS) is 10.6. The molecule has 0 radical (unpaired) electrons. The number of allylic oxidation sites excluding steroid dienone is 1. The number of ketones is 1. The van der Waals surface area contributed by atoms with Crippen LogP contribution in [0.25, 0.3) is 6.08 Å². The van der Waals surface area contributed by atoms with Gasteiger partial charge in [0.1, 0.15) is 22.8 Å². The van der Waals surface area contributed by atoms with Gasteiger partial charge in [-0.2, -0.15) is 0 Å². The van der Waals surface area contributed by atoms with Crippen LogP contribution in [0, 0.1) is 0 Å². The monoisotopic (exact) mass is 388 g/mol. The molecule has 0 heterocycles. The Morgan fingerprint density at radius 2 is 1.38 bits per heavy atom. The molecule has 0 unspecified atom stereocenters. The van der Waals surface area contributed by atoms with E-state index in [0.717, 1.165) is 5.56 Å². The molecule has 0 bridgehead atoms. The summed E-state index contributed by atoms with van der Waals surface area (Å²) in [5, 5.41) is 0. The van der Waals surface area contributed by atoms with Crippen LogP contribution in [-0.2, 0) is 0 Å². The Kier molecular flexibility index (Phi) is 6.43. The Labute approximate surface area is 169 Å². The van der Waals surface area contributed by atoms with Crippen LogP contribution in [0.2, 0.25) is 0 Å². The average Bonchev–Trinajstić information content (AvgIpc) is 2.78. The van der Waals surface area contributed by atoms with Gasteiger partial charge in [-0.25, -0.2) is 4.79 Å². The van der Waals surface area contributed by atoms with Gasteiger partial charge in [-0.05, 0) is 35.9 Å². The zero-order valence-electron chi connectivity index (χ0n) is 16.1. The second-order valence-corrected chi connectivity index (χ2v) is 6.06. The van der Waals surface area contributed by atoms with Crippen molar-refractivity contribution in [2.24, 2.45) is 0 Å². The van der Waals surface area contributed by atoms with E-state index in [9.17, 15) is 9.59 Å². The van der Waals surface area contributed by atoms with E-state index in [1.54, 1.807) is 60.7 Å². The molecule has 0 aliphatic heterocycles. The number of hydrogen-bond acceptors (Lipinski definition) is 5. The van der Waals surface area contributed by atoms with E-state index in [0.29, 0.717) is 22.8 Å². The number of carbonyl (C=O) groups is 2. The van der Waals surface area contributed by atoms with E-state index >= 15 is 0 Å². The third-order valence-electron chi connectivity index (χ3n) is 4.21. The molecule has 0 saturated heterocycles. The van der Waals surface area contributed by atoms with E-state index in [1.807, 2.05) is 18.2 Å². The van der Waals surface area contributed by atoms with Crippen molar-refractivity contribution in [2.45, 2.75) is 0 Å². The third-order valence-corrected chi connectivity index (χ3v) is 4.21. The van der Waals surface area contributed by atoms with Crippen LogP contribution in [0.15, 0.2) is 78.9 Å². The molecule has 3 aromatic rings. The van der Waals surface area contributed by atoms with Gasteiger partial charge in [-0.1, -0.05) is 54.6 Å². The Balaban J connectivity index is 1.71. The molecule has 0 spiro atoms. The Hall–Kier alpha value is -3.86. The first kappa shape index (κ1) is 19.9. The van der Waals surface area contributed by atoms with E-state index in [2.05, 4.69) is 0 Å². The summed E-state index contributed by atoms with van der Waals surface area (Å²) in [6.07, 6.45) is 3.22. The summed E-state index contributed by atoms with van der Waals surface area (Å²) < 4.78 is 15.9. The molecular weight excluding hydrogens is 368 g/mol. The standard InChI is InChI=1S/C24H20O5/c1-27-21-9-6-10-22(28-2)23(21)24(26)29-19-14-11-17(12-15-19)13-16-20(25)18-7-4-3-5-8-18/h3-16H,1-2H3/b16-13+. The largest absolute Gasteiger partial charge is 0.496 e. The molecule has 0 aliphatic carbocycles. The summed E-state index contributed by atoms with van der Waals surface area (Å²) in [6.45, 7) is 0. The fourth-order valence-corrected chi connectivity index (χ4v) is 2.73. The fourth-order valence-electron chi connectivity index (χ4n) is 2.73. The molecule has 0 aliphatic rings. The van der Waals surface area contributed by atoms with Crippen molar-refractivity contribution in [3.8, 4) is 17.2 Å². The minimum absolute atomic E-state index is 0.0793. The number of ether oxygens (including phenoxy) is 3. The number of carbonyl (C=O) groups excluding carboxylic acids is 2. The molecule has 146 valence electrons. The van der Waals surface area contributed by atoms with Gasteiger partial charge in [0.25, 0.3) is 0 Å². The molecule has 29 heavy (non-hydrogen) atoms. The van der Waals surface area contributed by atoms with Gasteiger partial charge >= 0.3 is 5.97 Å². The van der Waals surface area contributed by atoms with Crippen molar-refractivity contribution in [2.75, 3.05) is 14.2 Å². The minimum Gasteiger partial charge on any atom is -0.496 e. The third kappa shape index (κ3) is 4.90. The highest BCUT2D eigenvalue weighted by Gasteiger charge is 2.20. The maximum Gasteiger partial charge on any atom is 0.351 e. The Morgan fingerprint density at radius 1 is 0.759 bits per heavy atom. The number of benzene rings is 3. The van der Waals surface area contributed by atoms with E-state index in [1.165, 1.54) is 20.3 Å². The molecule has 0 fully saturated rings. The minimum atomic E-state index is -0.582. The summed E-state index contributed by atoms with van der Waals surface area (Å²) in [7, 11) is 2.95. The average molecular weight is 388 g/mol. The molecule has 0 amide bonds. The van der Waals surface area contributed by atoms with Crippen LogP contribution in [0.4, 0.5) is 0 Å². The first-order valence-corrected chi connectivity index (χ1v) is 8.93. The highest BCUT2D eigenvalue weighted by molar-refractivity contribution is 6.06. The zero-order valence-corrected chi connectivity index (χ0v) is 16.1. The molecule has 3 aromatic carbocycles. The van der Waals surface area contributed by atoms with Gasteiger partial charge in [0.05, 0.1) is 14.2 Å². The smallest absolute Gasteiger partial charge is 0.351 e. The first-order chi connectivity index (χ1) is 14.1. The van der Waals surface area contributed by atoms with Crippen molar-refractivity contribution in [3.63, 3.8) is 0 Å². The van der Waals surface area contributed by atoms with E-state index < -0.39 is 5.97 Å². The molecule has 5 nitrogen and oxygen atoms in total. The van der Waals surface area contributed by atoms with Crippen LogP contribution < -0.4 is 14.2 Å². The summed E-state index contributed by atoms with van der Waals surface area (Å²) in [6, 6.07) is 20.9. The molecular formula is C24H20O5. The van der Waals surface area contributed by atoms with Crippen LogP contribution in [0.3, 0.4) is 0 Å². The molecule has 0 N–H and O–H groups in total. The summed E-state index contributed by atoms with van der Waals surface area (Å²) in [5.41, 5.74) is 1.65. The number of esters is 1. The van der Waals surface area contributed by atoms with Gasteiger partial charge in [0.15, 0.2) is 5.78 Å². The van der Waals surface area contributed by atoms with Crippen LogP contribution in [0.5, 0.6) is 17.2 Å². The molecule has 0 saturated carbocycles. The SMILES string of the molecule is COc1cccc(OC)c1C(=O)Oc1ccc(/C=C/C(=O)c2ccccc2)cc1. The van der Waals surface area contributed by atoms with Crippen molar-refractivity contribution in [3.05, 3.63) is 95.6 Å². The number of hydrogen-bond donors (Lipinski definition) is 0. The highest BCUT2D eigenvalue weighted by Crippen LogP contribution is 2.29. The van der Waals surface area contributed by atoms with Crippen molar-refractivity contribution in [1.29, 1.82) is 0 Å². The molecule has 3 rings (SSSR count). The van der Waals surface area contributed by atoms with E-state index in [4.69, 9.17) is 14.2 Å². The predicted molar refractivity (Wildman–Crippen MR) is 111 cm³/mol. The number of rotatable bonds is 7. The van der Waals surface area contributed by atoms with Crippen LogP contribution in [-0.4, -0.2) is 26.0 Å². The molecule has 0 aromatic heterocycles. The lowest BCUT2D eigenvalue weighted by Crippen LogP contribution is -2.11. The van der Waals surface area contributed by atoms with Crippen molar-refractivity contribution < 1.29 is 23.8 Å². The summed E-state index contributed by atoms with van der Waals surface area (Å²) >= 11 is 0. The quantitative estimate of drug-likeness (QED) is 0.251. The first-order valence-electron chi connectivity index (χ1n) is 8.93. The van der Waals surface area contributed by atoms with Gasteiger partial charge in [-0.15, -0.1) is 0 Å². The Morgan fingerprint density at radius 3 is 1.97 bits per heavy atom. The molecule has 5 heteroatoms. The van der Waals surface area contributed by atoms with Crippen molar-refractivity contribution in [1.82, 2.24) is 0 Å². The zero-order chi connectivity index (χ0) is 20.6. The maximum atomic E-state index is 12.6. The van der Waals surface area contributed by atoms with Crippen molar-refractivity contribution >= 4 is 17.8 Å².